The first-order valence-corrected chi connectivity index (χ1v) is 3.51. The van der Waals surface area contributed by atoms with Crippen molar-refractivity contribution in [1.82, 2.24) is 4.98 Å². The molecular weight excluding hydrogens is 122 g/mol. The minimum atomic E-state index is 1.03. The van der Waals surface area contributed by atoms with Gasteiger partial charge in [-0.3, -0.25) is 4.98 Å². The van der Waals surface area contributed by atoms with Crippen LogP contribution in [-0.2, 0) is 0 Å². The Morgan fingerprint density at radius 1 is 1.50 bits per heavy atom. The molecular formula is C9H11N. The van der Waals surface area contributed by atoms with Gasteiger partial charge in [0.2, 0.25) is 0 Å². The van der Waals surface area contributed by atoms with Crippen molar-refractivity contribution in [2.45, 2.75) is 13.3 Å². The lowest BCUT2D eigenvalue weighted by molar-refractivity contribution is 1.22. The second kappa shape index (κ2) is 3.83. The number of hydrogen-bond donors (Lipinski definition) is 0. The number of aromatic nitrogens is 1. The Morgan fingerprint density at radius 3 is 3.00 bits per heavy atom. The Balaban J connectivity index is 2.67. The summed E-state index contributed by atoms with van der Waals surface area (Å²) < 4.78 is 0. The van der Waals surface area contributed by atoms with Crippen molar-refractivity contribution >= 4 is 6.08 Å². The highest BCUT2D eigenvalue weighted by molar-refractivity contribution is 5.43. The summed E-state index contributed by atoms with van der Waals surface area (Å²) in [5.41, 5.74) is 1.03. The molecule has 1 aromatic rings. The predicted octanol–water partition coefficient (Wildman–Crippen LogP) is 2.50. The average Bonchev–Trinajstić information content (AvgIpc) is 2.03. The van der Waals surface area contributed by atoms with Crippen LogP contribution < -0.4 is 0 Å². The van der Waals surface area contributed by atoms with Crippen LogP contribution in [0.25, 0.3) is 6.08 Å². The maximum Gasteiger partial charge on any atom is 0.0626 e. The van der Waals surface area contributed by atoms with Crippen molar-refractivity contribution in [1.29, 1.82) is 0 Å². The lowest BCUT2D eigenvalue weighted by Crippen LogP contribution is -1.75. The third-order valence-corrected chi connectivity index (χ3v) is 1.21. The molecule has 0 aliphatic carbocycles. The molecule has 0 saturated heterocycles. The Kier molecular flexibility index (Phi) is 2.68. The number of allylic oxidation sites excluding steroid dienone is 1. The monoisotopic (exact) mass is 133 g/mol. The highest BCUT2D eigenvalue weighted by atomic mass is 14.6. The van der Waals surface area contributed by atoms with E-state index in [0.717, 1.165) is 12.1 Å². The quantitative estimate of drug-likeness (QED) is 0.604. The van der Waals surface area contributed by atoms with Gasteiger partial charge in [-0.05, 0) is 24.6 Å². The van der Waals surface area contributed by atoms with Crippen LogP contribution in [0, 0.1) is 0 Å². The van der Waals surface area contributed by atoms with Crippen LogP contribution in [0.3, 0.4) is 0 Å². The molecule has 1 rings (SSSR count). The van der Waals surface area contributed by atoms with Gasteiger partial charge in [0.05, 0.1) is 5.69 Å². The molecule has 1 heteroatoms. The highest BCUT2D eigenvalue weighted by Gasteiger charge is 1.80. The zero-order valence-corrected chi connectivity index (χ0v) is 6.12. The summed E-state index contributed by atoms with van der Waals surface area (Å²) in [5.74, 6) is 0. The van der Waals surface area contributed by atoms with Crippen LogP contribution in [0.15, 0.2) is 30.5 Å². The van der Waals surface area contributed by atoms with Gasteiger partial charge in [0.25, 0.3) is 0 Å². The number of nitrogens with zero attached hydrogens (tertiary/aromatic N) is 1. The van der Waals surface area contributed by atoms with Gasteiger partial charge in [-0.2, -0.15) is 0 Å². The van der Waals surface area contributed by atoms with E-state index in [4.69, 9.17) is 0 Å². The van der Waals surface area contributed by atoms with Gasteiger partial charge in [-0.15, -0.1) is 0 Å². The normalized spacial score (nSPS) is 10.5. The van der Waals surface area contributed by atoms with Crippen LogP contribution in [0.4, 0.5) is 0 Å². The summed E-state index contributed by atoms with van der Waals surface area (Å²) in [5, 5.41) is 0. The molecule has 52 valence electrons. The van der Waals surface area contributed by atoms with Gasteiger partial charge < -0.3 is 0 Å². The van der Waals surface area contributed by atoms with E-state index < -0.39 is 0 Å². The van der Waals surface area contributed by atoms with Crippen LogP contribution in [-0.4, -0.2) is 4.98 Å². The maximum absolute atomic E-state index is 4.13. The molecule has 0 bridgehead atoms. The first kappa shape index (κ1) is 7.00. The summed E-state index contributed by atoms with van der Waals surface area (Å²) in [7, 11) is 0. The van der Waals surface area contributed by atoms with Crippen molar-refractivity contribution in [3.8, 4) is 0 Å². The molecule has 10 heavy (non-hydrogen) atoms. The summed E-state index contributed by atoms with van der Waals surface area (Å²) in [4.78, 5) is 4.13. The third kappa shape index (κ3) is 2.02. The van der Waals surface area contributed by atoms with Gasteiger partial charge in [-0.1, -0.05) is 19.1 Å². The van der Waals surface area contributed by atoms with E-state index in [1.165, 1.54) is 0 Å². The summed E-state index contributed by atoms with van der Waals surface area (Å²) in [6.07, 6.45) is 6.99. The number of pyridine rings is 1. The lowest BCUT2D eigenvalue weighted by atomic mass is 10.3. The molecule has 0 N–H and O–H groups in total. The van der Waals surface area contributed by atoms with E-state index in [9.17, 15) is 0 Å². The van der Waals surface area contributed by atoms with Gasteiger partial charge in [-0.25, -0.2) is 0 Å². The van der Waals surface area contributed by atoms with Gasteiger partial charge in [0.15, 0.2) is 0 Å². The first-order chi connectivity index (χ1) is 4.93. The zero-order valence-electron chi connectivity index (χ0n) is 6.12. The molecule has 0 fully saturated rings. The summed E-state index contributed by atoms with van der Waals surface area (Å²) in [6, 6.07) is 5.90. The molecule has 0 spiro atoms. The van der Waals surface area contributed by atoms with Crippen LogP contribution in [0.5, 0.6) is 0 Å². The van der Waals surface area contributed by atoms with E-state index in [0.29, 0.717) is 0 Å². The maximum atomic E-state index is 4.13. The molecule has 0 atom stereocenters. The Hall–Kier alpha value is -1.11. The lowest BCUT2D eigenvalue weighted by Gasteiger charge is -1.87. The summed E-state index contributed by atoms with van der Waals surface area (Å²) >= 11 is 0. The molecule has 0 aliphatic rings. The average molecular weight is 133 g/mol. The highest BCUT2D eigenvalue weighted by Crippen LogP contribution is 1.96. The van der Waals surface area contributed by atoms with Crippen molar-refractivity contribution in [2.24, 2.45) is 0 Å². The van der Waals surface area contributed by atoms with Gasteiger partial charge >= 0.3 is 0 Å². The van der Waals surface area contributed by atoms with Gasteiger partial charge in [0, 0.05) is 6.20 Å². The minimum Gasteiger partial charge on any atom is -0.257 e. The van der Waals surface area contributed by atoms with E-state index in [1.807, 2.05) is 24.3 Å². The zero-order chi connectivity index (χ0) is 7.23. The molecule has 0 saturated carbocycles. The molecule has 0 aromatic carbocycles. The smallest absolute Gasteiger partial charge is 0.0626 e. The van der Waals surface area contributed by atoms with Crippen molar-refractivity contribution < 1.29 is 0 Å². The molecule has 1 heterocycles. The molecule has 1 nitrogen and oxygen atoms in total. The molecule has 0 radical (unpaired) electrons. The van der Waals surface area contributed by atoms with E-state index in [1.54, 1.807) is 6.20 Å². The van der Waals surface area contributed by atoms with Crippen LogP contribution >= 0.6 is 0 Å². The third-order valence-electron chi connectivity index (χ3n) is 1.21. The SMILES string of the molecule is CC/C=C\c1ccccn1. The Bertz CT molecular complexity index is 201. The van der Waals surface area contributed by atoms with E-state index >= 15 is 0 Å². The largest absolute Gasteiger partial charge is 0.257 e. The van der Waals surface area contributed by atoms with E-state index in [2.05, 4.69) is 18.0 Å². The Morgan fingerprint density at radius 2 is 2.40 bits per heavy atom. The fourth-order valence-electron chi connectivity index (χ4n) is 0.713. The van der Waals surface area contributed by atoms with Crippen molar-refractivity contribution in [3.63, 3.8) is 0 Å². The van der Waals surface area contributed by atoms with Crippen molar-refractivity contribution in [2.75, 3.05) is 0 Å². The second-order valence-corrected chi connectivity index (χ2v) is 2.07. The second-order valence-electron chi connectivity index (χ2n) is 2.07. The predicted molar refractivity (Wildman–Crippen MR) is 43.6 cm³/mol. The number of rotatable bonds is 2. The fraction of sp³-hybridized carbons (Fsp3) is 0.222. The summed E-state index contributed by atoms with van der Waals surface area (Å²) in [6.45, 7) is 2.11. The first-order valence-electron chi connectivity index (χ1n) is 3.51. The molecule has 0 amide bonds. The topological polar surface area (TPSA) is 12.9 Å². The van der Waals surface area contributed by atoms with Crippen LogP contribution in [0.2, 0.25) is 0 Å². The van der Waals surface area contributed by atoms with E-state index in [-0.39, 0.29) is 0 Å². The molecule has 0 unspecified atom stereocenters. The van der Waals surface area contributed by atoms with Gasteiger partial charge in [0.1, 0.15) is 0 Å². The minimum absolute atomic E-state index is 1.03. The standard InChI is InChI=1S/C9H11N/c1-2-3-6-9-7-4-5-8-10-9/h3-8H,2H2,1H3/b6-3-. The van der Waals surface area contributed by atoms with Crippen LogP contribution in [0.1, 0.15) is 19.0 Å². The molecule has 0 aliphatic heterocycles. The Labute approximate surface area is 61.4 Å². The van der Waals surface area contributed by atoms with Crippen molar-refractivity contribution in [3.05, 3.63) is 36.2 Å². The molecule has 1 aromatic heterocycles. The fourth-order valence-corrected chi connectivity index (χ4v) is 0.713. The number of hydrogen-bond acceptors (Lipinski definition) is 1.